The second-order valence-electron chi connectivity index (χ2n) is 3.60. The summed E-state index contributed by atoms with van der Waals surface area (Å²) in [5.74, 6) is 0. The van der Waals surface area contributed by atoms with E-state index >= 15 is 0 Å². The number of nitrogens with one attached hydrogen (secondary N) is 1. The van der Waals surface area contributed by atoms with Gasteiger partial charge in [-0.3, -0.25) is 0 Å². The summed E-state index contributed by atoms with van der Waals surface area (Å²) in [4.78, 5) is 12.4. The van der Waals surface area contributed by atoms with E-state index in [-0.39, 0.29) is 6.04 Å². The molecule has 0 radical (unpaired) electrons. The maximum absolute atomic E-state index is 10.8. The van der Waals surface area contributed by atoms with Gasteiger partial charge in [0.1, 0.15) is 0 Å². The highest BCUT2D eigenvalue weighted by Crippen LogP contribution is 2.21. The number of rotatable bonds is 0. The highest BCUT2D eigenvalue weighted by molar-refractivity contribution is 5.65. The van der Waals surface area contributed by atoms with Gasteiger partial charge in [-0.1, -0.05) is 0 Å². The van der Waals surface area contributed by atoms with Crippen molar-refractivity contribution in [2.24, 2.45) is 0 Å². The van der Waals surface area contributed by atoms with E-state index in [1.807, 2.05) is 0 Å². The summed E-state index contributed by atoms with van der Waals surface area (Å²) in [6, 6.07) is 0.784. The average molecular weight is 170 g/mol. The molecule has 4 heteroatoms. The van der Waals surface area contributed by atoms with Crippen molar-refractivity contribution in [3.8, 4) is 0 Å². The maximum Gasteiger partial charge on any atom is 0.407 e. The van der Waals surface area contributed by atoms with Gasteiger partial charge in [0.2, 0.25) is 0 Å². The minimum Gasteiger partial charge on any atom is -0.465 e. The SMILES string of the molecule is O=C(O)N1CCC2CCC1CN2. The van der Waals surface area contributed by atoms with Crippen LogP contribution in [0.3, 0.4) is 0 Å². The fourth-order valence-electron chi connectivity index (χ4n) is 2.14. The van der Waals surface area contributed by atoms with E-state index in [2.05, 4.69) is 5.32 Å². The third-order valence-electron chi connectivity index (χ3n) is 2.90. The highest BCUT2D eigenvalue weighted by Gasteiger charge is 2.32. The Morgan fingerprint density at radius 1 is 1.42 bits per heavy atom. The molecule has 3 fully saturated rings. The van der Waals surface area contributed by atoms with Crippen LogP contribution in [0.25, 0.3) is 0 Å². The molecule has 2 bridgehead atoms. The van der Waals surface area contributed by atoms with Crippen LogP contribution in [0.1, 0.15) is 19.3 Å². The monoisotopic (exact) mass is 170 g/mol. The zero-order valence-electron chi connectivity index (χ0n) is 6.99. The molecule has 3 heterocycles. The van der Waals surface area contributed by atoms with Crippen molar-refractivity contribution in [3.05, 3.63) is 0 Å². The van der Waals surface area contributed by atoms with Crippen LogP contribution in [0.5, 0.6) is 0 Å². The smallest absolute Gasteiger partial charge is 0.407 e. The Morgan fingerprint density at radius 2 is 2.25 bits per heavy atom. The molecular weight excluding hydrogens is 156 g/mol. The lowest BCUT2D eigenvalue weighted by Gasteiger charge is -2.29. The summed E-state index contributed by atoms with van der Waals surface area (Å²) in [7, 11) is 0. The molecule has 1 amide bonds. The quantitative estimate of drug-likeness (QED) is 0.556. The second-order valence-corrected chi connectivity index (χ2v) is 3.60. The third kappa shape index (κ3) is 1.27. The molecule has 12 heavy (non-hydrogen) atoms. The number of carboxylic acid groups (broad SMARTS) is 1. The Morgan fingerprint density at radius 3 is 2.83 bits per heavy atom. The van der Waals surface area contributed by atoms with Gasteiger partial charge in [-0.15, -0.1) is 0 Å². The first-order chi connectivity index (χ1) is 5.77. The summed E-state index contributed by atoms with van der Waals surface area (Å²) in [5.41, 5.74) is 0. The second kappa shape index (κ2) is 2.94. The molecule has 2 atom stereocenters. The van der Waals surface area contributed by atoms with Gasteiger partial charge in [0.25, 0.3) is 0 Å². The zero-order valence-corrected chi connectivity index (χ0v) is 6.99. The predicted octanol–water partition coefficient (Wildman–Crippen LogP) is 0.491. The van der Waals surface area contributed by atoms with Crippen molar-refractivity contribution in [3.63, 3.8) is 0 Å². The largest absolute Gasteiger partial charge is 0.465 e. The highest BCUT2D eigenvalue weighted by atomic mass is 16.4. The Hall–Kier alpha value is -0.770. The molecule has 3 rings (SSSR count). The molecule has 3 aliphatic rings. The molecule has 0 aromatic heterocycles. The van der Waals surface area contributed by atoms with Crippen LogP contribution in [-0.4, -0.2) is 41.3 Å². The fraction of sp³-hybridized carbons (Fsp3) is 0.875. The molecule has 68 valence electrons. The van der Waals surface area contributed by atoms with Gasteiger partial charge in [0, 0.05) is 25.2 Å². The Labute approximate surface area is 71.5 Å². The molecule has 0 aliphatic carbocycles. The van der Waals surface area contributed by atoms with Gasteiger partial charge >= 0.3 is 6.09 Å². The molecule has 4 nitrogen and oxygen atoms in total. The third-order valence-corrected chi connectivity index (χ3v) is 2.90. The summed E-state index contributed by atoms with van der Waals surface area (Å²) >= 11 is 0. The molecule has 2 N–H and O–H groups in total. The van der Waals surface area contributed by atoms with Crippen molar-refractivity contribution >= 4 is 6.09 Å². The number of piperidine rings is 1. The molecule has 3 saturated heterocycles. The number of amides is 1. The number of carbonyl (C=O) groups is 1. The summed E-state index contributed by atoms with van der Waals surface area (Å²) < 4.78 is 0. The Bertz CT molecular complexity index is 187. The van der Waals surface area contributed by atoms with Crippen LogP contribution in [0, 0.1) is 0 Å². The van der Waals surface area contributed by atoms with Crippen molar-refractivity contribution < 1.29 is 9.90 Å². The van der Waals surface area contributed by atoms with Gasteiger partial charge in [0.05, 0.1) is 0 Å². The molecule has 2 unspecified atom stereocenters. The van der Waals surface area contributed by atoms with E-state index in [1.54, 1.807) is 4.90 Å². The minimum absolute atomic E-state index is 0.223. The van der Waals surface area contributed by atoms with E-state index in [9.17, 15) is 4.79 Å². The first-order valence-electron chi connectivity index (χ1n) is 4.50. The van der Waals surface area contributed by atoms with Crippen LogP contribution in [-0.2, 0) is 0 Å². The molecule has 0 aromatic carbocycles. The zero-order chi connectivity index (χ0) is 8.55. The molecule has 0 spiro atoms. The molecule has 0 saturated carbocycles. The number of nitrogens with zero attached hydrogens (tertiary/aromatic N) is 1. The van der Waals surface area contributed by atoms with Gasteiger partial charge in [-0.05, 0) is 19.3 Å². The van der Waals surface area contributed by atoms with E-state index in [0.717, 1.165) is 25.8 Å². The summed E-state index contributed by atoms with van der Waals surface area (Å²) in [6.45, 7) is 1.55. The van der Waals surface area contributed by atoms with Gasteiger partial charge in [-0.2, -0.15) is 0 Å². The first-order valence-corrected chi connectivity index (χ1v) is 4.50. The number of hydrogen-bond acceptors (Lipinski definition) is 2. The summed E-state index contributed by atoms with van der Waals surface area (Å²) in [6.07, 6.45) is 2.38. The predicted molar refractivity (Wildman–Crippen MR) is 44.2 cm³/mol. The first kappa shape index (κ1) is 7.86. The van der Waals surface area contributed by atoms with E-state index in [4.69, 9.17) is 5.11 Å². The Kier molecular flexibility index (Phi) is 1.92. The van der Waals surface area contributed by atoms with Crippen LogP contribution in [0.4, 0.5) is 4.79 Å². The van der Waals surface area contributed by atoms with Crippen LogP contribution < -0.4 is 5.32 Å². The van der Waals surface area contributed by atoms with Crippen molar-refractivity contribution in [1.29, 1.82) is 0 Å². The van der Waals surface area contributed by atoms with E-state index in [1.165, 1.54) is 0 Å². The van der Waals surface area contributed by atoms with Crippen molar-refractivity contribution in [1.82, 2.24) is 10.2 Å². The van der Waals surface area contributed by atoms with Gasteiger partial charge < -0.3 is 15.3 Å². The number of hydrogen-bond donors (Lipinski definition) is 2. The van der Waals surface area contributed by atoms with Crippen LogP contribution in [0.15, 0.2) is 0 Å². The normalized spacial score (nSPS) is 34.8. The van der Waals surface area contributed by atoms with Crippen LogP contribution in [0.2, 0.25) is 0 Å². The standard InChI is InChI=1S/C8H14N2O2/c11-8(12)10-4-3-6-1-2-7(10)5-9-6/h6-7,9H,1-5H2,(H,11,12). The Balaban J connectivity index is 2.10. The maximum atomic E-state index is 10.8. The van der Waals surface area contributed by atoms with Crippen molar-refractivity contribution in [2.45, 2.75) is 31.3 Å². The van der Waals surface area contributed by atoms with Gasteiger partial charge in [0.15, 0.2) is 0 Å². The van der Waals surface area contributed by atoms with Crippen molar-refractivity contribution in [2.75, 3.05) is 13.1 Å². The average Bonchev–Trinajstić information content (AvgIpc) is 2.36. The lowest BCUT2D eigenvalue weighted by molar-refractivity contribution is 0.126. The lowest BCUT2D eigenvalue weighted by atomic mass is 10.0. The van der Waals surface area contributed by atoms with E-state index in [0.29, 0.717) is 12.6 Å². The molecular formula is C8H14N2O2. The minimum atomic E-state index is -0.760. The topological polar surface area (TPSA) is 52.6 Å². The fourth-order valence-corrected chi connectivity index (χ4v) is 2.14. The van der Waals surface area contributed by atoms with Crippen LogP contribution >= 0.6 is 0 Å². The molecule has 0 aromatic rings. The van der Waals surface area contributed by atoms with E-state index < -0.39 is 6.09 Å². The van der Waals surface area contributed by atoms with Gasteiger partial charge in [-0.25, -0.2) is 4.79 Å². The molecule has 3 aliphatic heterocycles. The number of fused-ring (bicyclic) bond motifs is 4. The lowest BCUT2D eigenvalue weighted by Crippen LogP contribution is -2.46. The summed E-state index contributed by atoms with van der Waals surface area (Å²) in [5, 5.41) is 12.2.